The molecule has 1 atom stereocenters. The Hall–Kier alpha value is -0.940. The molecule has 1 rings (SSSR count). The summed E-state index contributed by atoms with van der Waals surface area (Å²) in [6.45, 7) is 6.56. The number of aliphatic hydroxyl groups excluding tert-OH is 2. The van der Waals surface area contributed by atoms with Crippen LogP contribution < -0.4 is 5.32 Å². The number of aliphatic hydroxyl groups is 3. The maximum atomic E-state index is 9.93. The van der Waals surface area contributed by atoms with Gasteiger partial charge >= 0.3 is 0 Å². The summed E-state index contributed by atoms with van der Waals surface area (Å²) in [7, 11) is 0. The Labute approximate surface area is 102 Å². The molecule has 0 radical (unpaired) electrons. The van der Waals surface area contributed by atoms with Crippen LogP contribution in [0.1, 0.15) is 44.3 Å². The molecular weight excluding hydrogens is 218 g/mol. The molecule has 4 N–H and O–H groups in total. The summed E-state index contributed by atoms with van der Waals surface area (Å²) >= 11 is 0. The second kappa shape index (κ2) is 5.60. The largest absolute Gasteiger partial charge is 0.387 e. The molecule has 0 aromatic heterocycles. The minimum absolute atomic E-state index is 0.0395. The summed E-state index contributed by atoms with van der Waals surface area (Å²) in [6.07, 6.45) is -2.06. The Morgan fingerprint density at radius 1 is 1.00 bits per heavy atom. The van der Waals surface area contributed by atoms with Gasteiger partial charge in [0, 0.05) is 17.6 Å². The Balaban J connectivity index is 2.60. The van der Waals surface area contributed by atoms with Crippen LogP contribution in [0.2, 0.25) is 0 Å². The summed E-state index contributed by atoms with van der Waals surface area (Å²) in [6, 6.07) is 6.59. The first-order chi connectivity index (χ1) is 7.79. The molecule has 96 valence electrons. The summed E-state index contributed by atoms with van der Waals surface area (Å²) < 4.78 is 0. The summed E-state index contributed by atoms with van der Waals surface area (Å²) in [4.78, 5) is 0. The van der Waals surface area contributed by atoms with Gasteiger partial charge in [0.2, 0.25) is 0 Å². The molecule has 4 heteroatoms. The van der Waals surface area contributed by atoms with E-state index in [1.165, 1.54) is 0 Å². The van der Waals surface area contributed by atoms with E-state index in [-0.39, 0.29) is 5.54 Å². The molecule has 0 spiro atoms. The number of hydrogen-bond acceptors (Lipinski definition) is 4. The molecule has 4 nitrogen and oxygen atoms in total. The summed E-state index contributed by atoms with van der Waals surface area (Å²) in [5.41, 5.74) is 1.14. The van der Waals surface area contributed by atoms with E-state index in [9.17, 15) is 5.11 Å². The molecule has 0 heterocycles. The number of hydrogen-bond donors (Lipinski definition) is 4. The van der Waals surface area contributed by atoms with Crippen LogP contribution >= 0.6 is 0 Å². The molecule has 0 aliphatic heterocycles. The maximum Gasteiger partial charge on any atom is 0.178 e. The molecule has 0 aliphatic carbocycles. The SMILES string of the molecule is CC(C)(C)NCC(O)c1ccc(C(O)O)cc1. The molecule has 0 amide bonds. The Bertz CT molecular complexity index is 341. The van der Waals surface area contributed by atoms with Crippen molar-refractivity contribution in [3.05, 3.63) is 35.4 Å². The van der Waals surface area contributed by atoms with Gasteiger partial charge in [-0.2, -0.15) is 0 Å². The van der Waals surface area contributed by atoms with Gasteiger partial charge in [-0.05, 0) is 26.3 Å². The lowest BCUT2D eigenvalue weighted by molar-refractivity contribution is -0.0425. The highest BCUT2D eigenvalue weighted by Gasteiger charge is 2.13. The fourth-order valence-electron chi connectivity index (χ4n) is 1.41. The van der Waals surface area contributed by atoms with Crippen LogP contribution in [-0.4, -0.2) is 27.4 Å². The lowest BCUT2D eigenvalue weighted by Crippen LogP contribution is -2.38. The molecule has 0 fully saturated rings. The van der Waals surface area contributed by atoms with Crippen LogP contribution in [0.4, 0.5) is 0 Å². The van der Waals surface area contributed by atoms with Crippen LogP contribution in [0.25, 0.3) is 0 Å². The van der Waals surface area contributed by atoms with Crippen molar-refractivity contribution in [2.24, 2.45) is 0 Å². The molecule has 1 aromatic carbocycles. The first kappa shape index (κ1) is 14.1. The van der Waals surface area contributed by atoms with Gasteiger partial charge in [0.1, 0.15) is 0 Å². The minimum Gasteiger partial charge on any atom is -0.387 e. The Morgan fingerprint density at radius 3 is 1.88 bits per heavy atom. The predicted octanol–water partition coefficient (Wildman–Crippen LogP) is 1.09. The van der Waals surface area contributed by atoms with E-state index in [0.717, 1.165) is 5.56 Å². The third-order valence-corrected chi connectivity index (χ3v) is 2.45. The summed E-state index contributed by atoms with van der Waals surface area (Å²) in [5, 5.41) is 31.0. The molecule has 1 unspecified atom stereocenters. The van der Waals surface area contributed by atoms with E-state index < -0.39 is 12.4 Å². The second-order valence-electron chi connectivity index (χ2n) is 5.19. The second-order valence-corrected chi connectivity index (χ2v) is 5.19. The van der Waals surface area contributed by atoms with Gasteiger partial charge < -0.3 is 20.6 Å². The highest BCUT2D eigenvalue weighted by Crippen LogP contribution is 2.16. The average molecular weight is 239 g/mol. The number of benzene rings is 1. The van der Waals surface area contributed by atoms with Crippen molar-refractivity contribution >= 4 is 0 Å². The summed E-state index contributed by atoms with van der Waals surface area (Å²) in [5.74, 6) is 0. The van der Waals surface area contributed by atoms with E-state index >= 15 is 0 Å². The molecule has 1 aromatic rings. The van der Waals surface area contributed by atoms with E-state index in [1.807, 2.05) is 20.8 Å². The standard InChI is InChI=1S/C13H21NO3/c1-13(2,3)14-8-11(15)9-4-6-10(7-5-9)12(16)17/h4-7,11-12,14-17H,8H2,1-3H3. The number of nitrogens with one attached hydrogen (secondary N) is 1. The van der Waals surface area contributed by atoms with Gasteiger partial charge in [-0.1, -0.05) is 24.3 Å². The van der Waals surface area contributed by atoms with Gasteiger partial charge in [-0.15, -0.1) is 0 Å². The van der Waals surface area contributed by atoms with Crippen molar-refractivity contribution in [3.63, 3.8) is 0 Å². The van der Waals surface area contributed by atoms with E-state index in [4.69, 9.17) is 10.2 Å². The average Bonchev–Trinajstić information content (AvgIpc) is 2.25. The lowest BCUT2D eigenvalue weighted by Gasteiger charge is -2.23. The highest BCUT2D eigenvalue weighted by molar-refractivity contribution is 5.24. The van der Waals surface area contributed by atoms with Crippen molar-refractivity contribution in [1.29, 1.82) is 0 Å². The van der Waals surface area contributed by atoms with E-state index in [2.05, 4.69) is 5.32 Å². The van der Waals surface area contributed by atoms with Crippen LogP contribution in [0.5, 0.6) is 0 Å². The smallest absolute Gasteiger partial charge is 0.178 e. The van der Waals surface area contributed by atoms with E-state index in [1.54, 1.807) is 24.3 Å². The van der Waals surface area contributed by atoms with Crippen molar-refractivity contribution in [2.75, 3.05) is 6.54 Å². The quantitative estimate of drug-likeness (QED) is 0.594. The van der Waals surface area contributed by atoms with Gasteiger partial charge in [0.25, 0.3) is 0 Å². The van der Waals surface area contributed by atoms with Crippen molar-refractivity contribution in [2.45, 2.75) is 38.7 Å². The number of β-amino-alcohol motifs (C(OH)–C–C–N with tert-alkyl or cyclic N) is 1. The molecule has 0 aliphatic rings. The minimum atomic E-state index is -1.46. The monoisotopic (exact) mass is 239 g/mol. The number of rotatable bonds is 4. The van der Waals surface area contributed by atoms with E-state index in [0.29, 0.717) is 12.1 Å². The molecule has 0 saturated heterocycles. The Kier molecular flexibility index (Phi) is 4.65. The van der Waals surface area contributed by atoms with Crippen molar-refractivity contribution in [3.8, 4) is 0 Å². The first-order valence-electron chi connectivity index (χ1n) is 5.69. The fourth-order valence-corrected chi connectivity index (χ4v) is 1.41. The third kappa shape index (κ3) is 4.83. The van der Waals surface area contributed by atoms with Crippen molar-refractivity contribution < 1.29 is 15.3 Å². The molecule has 0 bridgehead atoms. The maximum absolute atomic E-state index is 9.93. The normalized spacial score (nSPS) is 14.1. The van der Waals surface area contributed by atoms with Crippen LogP contribution in [-0.2, 0) is 0 Å². The third-order valence-electron chi connectivity index (χ3n) is 2.45. The van der Waals surface area contributed by atoms with Crippen molar-refractivity contribution in [1.82, 2.24) is 5.32 Å². The molecular formula is C13H21NO3. The highest BCUT2D eigenvalue weighted by atomic mass is 16.5. The Morgan fingerprint density at radius 2 is 1.47 bits per heavy atom. The zero-order valence-corrected chi connectivity index (χ0v) is 10.5. The van der Waals surface area contributed by atoms with Crippen LogP contribution in [0, 0.1) is 0 Å². The predicted molar refractivity (Wildman–Crippen MR) is 66.3 cm³/mol. The topological polar surface area (TPSA) is 72.7 Å². The zero-order chi connectivity index (χ0) is 13.1. The van der Waals surface area contributed by atoms with Gasteiger partial charge in [0.05, 0.1) is 6.10 Å². The van der Waals surface area contributed by atoms with Gasteiger partial charge in [0.15, 0.2) is 6.29 Å². The lowest BCUT2D eigenvalue weighted by atomic mass is 10.0. The molecule has 0 saturated carbocycles. The van der Waals surface area contributed by atoms with Crippen LogP contribution in [0.15, 0.2) is 24.3 Å². The first-order valence-corrected chi connectivity index (χ1v) is 5.69. The van der Waals surface area contributed by atoms with Gasteiger partial charge in [-0.3, -0.25) is 0 Å². The van der Waals surface area contributed by atoms with Gasteiger partial charge in [-0.25, -0.2) is 0 Å². The molecule has 17 heavy (non-hydrogen) atoms. The fraction of sp³-hybridized carbons (Fsp3) is 0.538. The zero-order valence-electron chi connectivity index (χ0n) is 10.5. The van der Waals surface area contributed by atoms with Crippen LogP contribution in [0.3, 0.4) is 0 Å².